The fourth-order valence-corrected chi connectivity index (χ4v) is 2.31. The van der Waals surface area contributed by atoms with E-state index in [0.717, 1.165) is 24.9 Å². The van der Waals surface area contributed by atoms with Crippen molar-refractivity contribution in [1.29, 1.82) is 0 Å². The molecule has 0 heterocycles. The Kier molecular flexibility index (Phi) is 4.57. The van der Waals surface area contributed by atoms with E-state index in [1.165, 1.54) is 0 Å². The smallest absolute Gasteiger partial charge is 0.376 e. The molecule has 0 bridgehead atoms. The molecule has 19 heavy (non-hydrogen) atoms. The maximum Gasteiger partial charge on any atom is 0.376 e. The van der Waals surface area contributed by atoms with Gasteiger partial charge in [-0.2, -0.15) is 0 Å². The fourth-order valence-electron chi connectivity index (χ4n) is 1.28. The van der Waals surface area contributed by atoms with E-state index in [0.29, 0.717) is 0 Å². The summed E-state index contributed by atoms with van der Waals surface area (Å²) in [6.45, 7) is 2.85. The van der Waals surface area contributed by atoms with Gasteiger partial charge < -0.3 is 9.05 Å². The minimum atomic E-state index is -3.49. The number of benzene rings is 1. The van der Waals surface area contributed by atoms with Crippen molar-refractivity contribution in [2.45, 2.75) is 6.92 Å². The summed E-state index contributed by atoms with van der Waals surface area (Å²) in [7, 11) is -3.49. The maximum absolute atomic E-state index is 11.8. The van der Waals surface area contributed by atoms with Crippen LogP contribution in [0.15, 0.2) is 18.2 Å². The average molecular weight is 290 g/mol. The standard InChI is InChI=1S/C9H11N2O7P/c1-3-17-19(2,16)18-9-5-4-7(10(12)13)6-8(9)11(14)15/h4-6H,3H2,1-2H3. The Morgan fingerprint density at radius 1 is 1.26 bits per heavy atom. The summed E-state index contributed by atoms with van der Waals surface area (Å²) in [6.07, 6.45) is 0. The van der Waals surface area contributed by atoms with Gasteiger partial charge in [0.25, 0.3) is 5.69 Å². The van der Waals surface area contributed by atoms with Gasteiger partial charge in [0.05, 0.1) is 22.5 Å². The minimum Gasteiger partial charge on any atom is -0.417 e. The maximum atomic E-state index is 11.8. The average Bonchev–Trinajstić information content (AvgIpc) is 2.27. The topological polar surface area (TPSA) is 122 Å². The minimum absolute atomic E-state index is 0.106. The zero-order chi connectivity index (χ0) is 14.6. The van der Waals surface area contributed by atoms with Crippen LogP contribution in [-0.4, -0.2) is 23.1 Å². The highest BCUT2D eigenvalue weighted by molar-refractivity contribution is 7.53. The first kappa shape index (κ1) is 15.1. The molecule has 0 spiro atoms. The van der Waals surface area contributed by atoms with Gasteiger partial charge in [0.2, 0.25) is 5.75 Å². The van der Waals surface area contributed by atoms with Crippen LogP contribution in [0.2, 0.25) is 0 Å². The molecule has 0 aromatic heterocycles. The van der Waals surface area contributed by atoms with Gasteiger partial charge in [-0.25, -0.2) is 4.57 Å². The lowest BCUT2D eigenvalue weighted by Crippen LogP contribution is -2.00. The van der Waals surface area contributed by atoms with Crippen LogP contribution in [0.1, 0.15) is 6.92 Å². The molecule has 0 aliphatic heterocycles. The van der Waals surface area contributed by atoms with Crippen molar-refractivity contribution in [3.05, 3.63) is 38.4 Å². The SMILES string of the molecule is CCOP(C)(=O)Oc1ccc([N+](=O)[O-])cc1[N+](=O)[O-]. The monoisotopic (exact) mass is 290 g/mol. The highest BCUT2D eigenvalue weighted by atomic mass is 31.2. The highest BCUT2D eigenvalue weighted by Gasteiger charge is 2.26. The van der Waals surface area contributed by atoms with E-state index in [4.69, 9.17) is 9.05 Å². The van der Waals surface area contributed by atoms with Crippen molar-refractivity contribution in [2.24, 2.45) is 0 Å². The Morgan fingerprint density at radius 3 is 2.37 bits per heavy atom. The number of hydrogen-bond donors (Lipinski definition) is 0. The van der Waals surface area contributed by atoms with Crippen LogP contribution in [0.4, 0.5) is 11.4 Å². The molecule has 0 N–H and O–H groups in total. The van der Waals surface area contributed by atoms with Crippen LogP contribution in [-0.2, 0) is 9.09 Å². The van der Waals surface area contributed by atoms with E-state index >= 15 is 0 Å². The first-order valence-corrected chi connectivity index (χ1v) is 7.10. The van der Waals surface area contributed by atoms with Crippen LogP contribution in [0.5, 0.6) is 5.75 Å². The van der Waals surface area contributed by atoms with Crippen molar-refractivity contribution >= 4 is 19.0 Å². The molecule has 1 unspecified atom stereocenters. The molecule has 9 nitrogen and oxygen atoms in total. The molecule has 1 rings (SSSR count). The first-order chi connectivity index (χ1) is 8.76. The molecule has 0 aliphatic rings. The predicted octanol–water partition coefficient (Wildman–Crippen LogP) is 2.74. The summed E-state index contributed by atoms with van der Waals surface area (Å²) in [5, 5.41) is 21.4. The number of non-ortho nitro benzene ring substituents is 1. The molecule has 0 amide bonds. The van der Waals surface area contributed by atoms with Gasteiger partial charge in [0, 0.05) is 12.7 Å². The summed E-state index contributed by atoms with van der Waals surface area (Å²) in [5.74, 6) is -0.338. The highest BCUT2D eigenvalue weighted by Crippen LogP contribution is 2.47. The molecule has 0 saturated carbocycles. The molecule has 0 aliphatic carbocycles. The van der Waals surface area contributed by atoms with Crippen LogP contribution in [0.25, 0.3) is 0 Å². The number of rotatable bonds is 6. The lowest BCUT2D eigenvalue weighted by Gasteiger charge is -2.13. The molecule has 104 valence electrons. The Balaban J connectivity index is 3.18. The molecule has 0 radical (unpaired) electrons. The number of hydrogen-bond acceptors (Lipinski definition) is 7. The first-order valence-electron chi connectivity index (χ1n) is 5.11. The number of nitrogens with zero attached hydrogens (tertiary/aromatic N) is 2. The quantitative estimate of drug-likeness (QED) is 0.448. The molecular weight excluding hydrogens is 279 g/mol. The van der Waals surface area contributed by atoms with Gasteiger partial charge in [-0.1, -0.05) is 0 Å². The van der Waals surface area contributed by atoms with Crippen molar-refractivity contribution in [3.63, 3.8) is 0 Å². The fraction of sp³-hybridized carbons (Fsp3) is 0.333. The Morgan fingerprint density at radius 2 is 1.89 bits per heavy atom. The van der Waals surface area contributed by atoms with E-state index < -0.39 is 28.8 Å². The lowest BCUT2D eigenvalue weighted by molar-refractivity contribution is -0.394. The summed E-state index contributed by atoms with van der Waals surface area (Å²) >= 11 is 0. The Hall–Kier alpha value is -1.99. The van der Waals surface area contributed by atoms with Crippen molar-refractivity contribution in [3.8, 4) is 5.75 Å². The summed E-state index contributed by atoms with van der Waals surface area (Å²) < 4.78 is 21.5. The molecule has 0 fully saturated rings. The third kappa shape index (κ3) is 4.01. The lowest BCUT2D eigenvalue weighted by atomic mass is 10.2. The third-order valence-electron chi connectivity index (χ3n) is 1.98. The second-order valence-electron chi connectivity index (χ2n) is 3.45. The number of nitro benzene ring substituents is 2. The van der Waals surface area contributed by atoms with E-state index in [-0.39, 0.29) is 12.4 Å². The van der Waals surface area contributed by atoms with E-state index in [1.54, 1.807) is 6.92 Å². The number of nitro groups is 2. The van der Waals surface area contributed by atoms with Crippen molar-refractivity contribution < 1.29 is 23.5 Å². The second kappa shape index (κ2) is 5.77. The Bertz CT molecular complexity index is 559. The Labute approximate surface area is 108 Å². The van der Waals surface area contributed by atoms with Gasteiger partial charge in [0.15, 0.2) is 0 Å². The summed E-state index contributed by atoms with van der Waals surface area (Å²) in [6, 6.07) is 2.78. The summed E-state index contributed by atoms with van der Waals surface area (Å²) in [4.78, 5) is 19.7. The van der Waals surface area contributed by atoms with E-state index in [2.05, 4.69) is 0 Å². The predicted molar refractivity (Wildman–Crippen MR) is 65.5 cm³/mol. The largest absolute Gasteiger partial charge is 0.417 e. The van der Waals surface area contributed by atoms with Crippen LogP contribution >= 0.6 is 7.60 Å². The van der Waals surface area contributed by atoms with Gasteiger partial charge in [-0.15, -0.1) is 0 Å². The van der Waals surface area contributed by atoms with Gasteiger partial charge in [-0.3, -0.25) is 20.2 Å². The summed E-state index contributed by atoms with van der Waals surface area (Å²) in [5.41, 5.74) is -1.10. The molecule has 1 aromatic rings. The van der Waals surface area contributed by atoms with E-state index in [1.807, 2.05) is 0 Å². The van der Waals surface area contributed by atoms with Crippen LogP contribution in [0.3, 0.4) is 0 Å². The zero-order valence-corrected chi connectivity index (χ0v) is 11.0. The normalized spacial score (nSPS) is 13.6. The van der Waals surface area contributed by atoms with Gasteiger partial charge in [0.1, 0.15) is 0 Å². The van der Waals surface area contributed by atoms with Crippen molar-refractivity contribution in [2.75, 3.05) is 13.3 Å². The van der Waals surface area contributed by atoms with Crippen molar-refractivity contribution in [1.82, 2.24) is 0 Å². The zero-order valence-electron chi connectivity index (χ0n) is 10.1. The third-order valence-corrected chi connectivity index (χ3v) is 3.23. The molecule has 1 atom stereocenters. The molecular formula is C9H11N2O7P. The van der Waals surface area contributed by atoms with Gasteiger partial charge in [-0.05, 0) is 13.0 Å². The van der Waals surface area contributed by atoms with Crippen LogP contribution in [0, 0.1) is 20.2 Å². The molecule has 10 heteroatoms. The van der Waals surface area contributed by atoms with E-state index in [9.17, 15) is 24.8 Å². The van der Waals surface area contributed by atoms with Crippen LogP contribution < -0.4 is 4.52 Å². The molecule has 1 aromatic carbocycles. The molecule has 0 saturated heterocycles. The second-order valence-corrected chi connectivity index (χ2v) is 5.43. The van der Waals surface area contributed by atoms with Gasteiger partial charge >= 0.3 is 13.3 Å².